The van der Waals surface area contributed by atoms with E-state index in [2.05, 4.69) is 4.98 Å². The largest absolute Gasteiger partial charge is 0.481 e. The molecule has 0 bridgehead atoms. The van der Waals surface area contributed by atoms with Gasteiger partial charge in [-0.3, -0.25) is 4.79 Å². The standard InChI is InChI=1S/C19H14F3NO2S/c20-19(21,22)14-8-5-12(6-9-14)11-13(7-10-17(24)25)18-23-15-3-1-2-4-16(15)26-18/h1-6,8-9,11H,7,10H2,(H,24,25)/b13-11-. The Morgan fingerprint density at radius 2 is 1.77 bits per heavy atom. The Bertz CT molecular complexity index is 926. The summed E-state index contributed by atoms with van der Waals surface area (Å²) < 4.78 is 39.0. The summed E-state index contributed by atoms with van der Waals surface area (Å²) in [7, 11) is 0. The number of alkyl halides is 3. The highest BCUT2D eigenvalue weighted by Crippen LogP contribution is 2.32. The Kier molecular flexibility index (Phi) is 5.08. The van der Waals surface area contributed by atoms with Crippen molar-refractivity contribution in [2.24, 2.45) is 0 Å². The van der Waals surface area contributed by atoms with Crippen LogP contribution in [0.3, 0.4) is 0 Å². The van der Waals surface area contributed by atoms with Crippen molar-refractivity contribution in [2.45, 2.75) is 19.0 Å². The van der Waals surface area contributed by atoms with E-state index in [4.69, 9.17) is 5.11 Å². The SMILES string of the molecule is O=C(O)CC/C(=C/c1ccc(C(F)(F)F)cc1)c1nc2ccccc2s1. The summed E-state index contributed by atoms with van der Waals surface area (Å²) in [6, 6.07) is 12.3. The minimum absolute atomic E-state index is 0.0810. The van der Waals surface area contributed by atoms with E-state index in [9.17, 15) is 18.0 Å². The lowest BCUT2D eigenvalue weighted by Crippen LogP contribution is -2.04. The van der Waals surface area contributed by atoms with Crippen LogP contribution in [0.5, 0.6) is 0 Å². The zero-order chi connectivity index (χ0) is 18.7. The number of hydrogen-bond donors (Lipinski definition) is 1. The molecular weight excluding hydrogens is 363 g/mol. The van der Waals surface area contributed by atoms with E-state index < -0.39 is 17.7 Å². The Balaban J connectivity index is 1.97. The van der Waals surface area contributed by atoms with Gasteiger partial charge in [-0.05, 0) is 47.9 Å². The Labute approximate surface area is 151 Å². The van der Waals surface area contributed by atoms with Crippen molar-refractivity contribution in [3.8, 4) is 0 Å². The maximum atomic E-state index is 12.7. The molecule has 1 N–H and O–H groups in total. The van der Waals surface area contributed by atoms with Crippen LogP contribution in [-0.2, 0) is 11.0 Å². The van der Waals surface area contributed by atoms with Gasteiger partial charge in [0, 0.05) is 6.42 Å². The summed E-state index contributed by atoms with van der Waals surface area (Å²) in [6.07, 6.45) is -2.53. The van der Waals surface area contributed by atoms with E-state index in [1.165, 1.54) is 23.5 Å². The molecular formula is C19H14F3NO2S. The Morgan fingerprint density at radius 1 is 1.08 bits per heavy atom. The fourth-order valence-corrected chi connectivity index (χ4v) is 3.47. The number of carbonyl (C=O) groups is 1. The number of aromatic nitrogens is 1. The van der Waals surface area contributed by atoms with E-state index in [1.54, 1.807) is 6.08 Å². The van der Waals surface area contributed by atoms with Crippen molar-refractivity contribution >= 4 is 39.2 Å². The number of allylic oxidation sites excluding steroid dienone is 1. The van der Waals surface area contributed by atoms with Crippen LogP contribution in [0, 0.1) is 0 Å². The van der Waals surface area contributed by atoms with Crippen molar-refractivity contribution in [1.29, 1.82) is 0 Å². The summed E-state index contributed by atoms with van der Waals surface area (Å²) >= 11 is 1.43. The van der Waals surface area contributed by atoms with Crippen LogP contribution < -0.4 is 0 Å². The molecule has 0 aliphatic rings. The van der Waals surface area contributed by atoms with Crippen LogP contribution >= 0.6 is 11.3 Å². The van der Waals surface area contributed by atoms with E-state index in [0.717, 1.165) is 22.3 Å². The summed E-state index contributed by atoms with van der Waals surface area (Å²) in [5.41, 5.74) is 1.34. The second-order valence-electron chi connectivity index (χ2n) is 5.67. The molecule has 0 saturated carbocycles. The first-order valence-corrected chi connectivity index (χ1v) is 8.60. The van der Waals surface area contributed by atoms with E-state index in [1.807, 2.05) is 24.3 Å². The molecule has 0 unspecified atom stereocenters. The molecule has 3 aromatic rings. The number of halogens is 3. The van der Waals surface area contributed by atoms with E-state index in [0.29, 0.717) is 16.1 Å². The van der Waals surface area contributed by atoms with Crippen LogP contribution in [-0.4, -0.2) is 16.1 Å². The van der Waals surface area contributed by atoms with Crippen LogP contribution in [0.1, 0.15) is 29.0 Å². The zero-order valence-electron chi connectivity index (χ0n) is 13.5. The lowest BCUT2D eigenvalue weighted by molar-refractivity contribution is -0.138. The number of rotatable bonds is 5. The normalized spacial score (nSPS) is 12.5. The Morgan fingerprint density at radius 3 is 2.38 bits per heavy atom. The fraction of sp³-hybridized carbons (Fsp3) is 0.158. The minimum Gasteiger partial charge on any atom is -0.481 e. The summed E-state index contributed by atoms with van der Waals surface area (Å²) in [6.45, 7) is 0. The van der Waals surface area contributed by atoms with Gasteiger partial charge in [-0.25, -0.2) is 4.98 Å². The first-order chi connectivity index (χ1) is 12.3. The number of carboxylic acid groups (broad SMARTS) is 1. The molecule has 0 aliphatic carbocycles. The predicted molar refractivity (Wildman–Crippen MR) is 95.8 cm³/mol. The second kappa shape index (κ2) is 7.29. The topological polar surface area (TPSA) is 50.2 Å². The first-order valence-electron chi connectivity index (χ1n) is 7.78. The van der Waals surface area contributed by atoms with Gasteiger partial charge in [0.1, 0.15) is 5.01 Å². The van der Waals surface area contributed by atoms with Crippen LogP contribution in [0.4, 0.5) is 13.2 Å². The van der Waals surface area contributed by atoms with Crippen molar-refractivity contribution in [2.75, 3.05) is 0 Å². The van der Waals surface area contributed by atoms with Crippen molar-refractivity contribution in [1.82, 2.24) is 4.98 Å². The van der Waals surface area contributed by atoms with Gasteiger partial charge >= 0.3 is 12.1 Å². The van der Waals surface area contributed by atoms with Crippen LogP contribution in [0.2, 0.25) is 0 Å². The molecule has 7 heteroatoms. The van der Waals surface area contributed by atoms with Gasteiger partial charge in [-0.1, -0.05) is 24.3 Å². The number of nitrogens with zero attached hydrogens (tertiary/aromatic N) is 1. The Hall–Kier alpha value is -2.67. The molecule has 0 saturated heterocycles. The highest BCUT2D eigenvalue weighted by Gasteiger charge is 2.29. The molecule has 3 nitrogen and oxygen atoms in total. The molecule has 0 spiro atoms. The quantitative estimate of drug-likeness (QED) is 0.619. The van der Waals surface area contributed by atoms with E-state index >= 15 is 0 Å². The van der Waals surface area contributed by atoms with E-state index in [-0.39, 0.29) is 12.8 Å². The molecule has 0 amide bonds. The van der Waals surface area contributed by atoms with Crippen LogP contribution in [0.25, 0.3) is 21.9 Å². The predicted octanol–water partition coefficient (Wildman–Crippen LogP) is 5.72. The second-order valence-corrected chi connectivity index (χ2v) is 6.70. The molecule has 1 heterocycles. The minimum atomic E-state index is -4.39. The first kappa shape index (κ1) is 18.1. The number of aliphatic carboxylic acids is 1. The molecule has 3 rings (SSSR count). The molecule has 1 aromatic heterocycles. The van der Waals surface area contributed by atoms with Crippen molar-refractivity contribution in [3.05, 3.63) is 64.7 Å². The highest BCUT2D eigenvalue weighted by atomic mass is 32.1. The fourth-order valence-electron chi connectivity index (χ4n) is 2.46. The van der Waals surface area contributed by atoms with Gasteiger partial charge in [0.25, 0.3) is 0 Å². The van der Waals surface area contributed by atoms with Crippen molar-refractivity contribution in [3.63, 3.8) is 0 Å². The zero-order valence-corrected chi connectivity index (χ0v) is 14.3. The molecule has 2 aromatic carbocycles. The van der Waals surface area contributed by atoms with Gasteiger partial charge in [0.2, 0.25) is 0 Å². The number of thiazole rings is 1. The van der Waals surface area contributed by atoms with Gasteiger partial charge in [-0.15, -0.1) is 11.3 Å². The number of benzene rings is 2. The third kappa shape index (κ3) is 4.29. The van der Waals surface area contributed by atoms with Gasteiger partial charge in [-0.2, -0.15) is 13.2 Å². The number of fused-ring (bicyclic) bond motifs is 1. The number of para-hydroxylation sites is 1. The summed E-state index contributed by atoms with van der Waals surface area (Å²) in [5.74, 6) is -0.940. The third-order valence-electron chi connectivity index (χ3n) is 3.76. The lowest BCUT2D eigenvalue weighted by Gasteiger charge is -2.07. The molecule has 0 fully saturated rings. The van der Waals surface area contributed by atoms with Gasteiger partial charge < -0.3 is 5.11 Å². The molecule has 134 valence electrons. The molecule has 0 aliphatic heterocycles. The molecule has 0 atom stereocenters. The average Bonchev–Trinajstić information content (AvgIpc) is 3.02. The van der Waals surface area contributed by atoms with Crippen molar-refractivity contribution < 1.29 is 23.1 Å². The molecule has 26 heavy (non-hydrogen) atoms. The van der Waals surface area contributed by atoms with Gasteiger partial charge in [0.15, 0.2) is 0 Å². The van der Waals surface area contributed by atoms with Gasteiger partial charge in [0.05, 0.1) is 15.8 Å². The number of hydrogen-bond acceptors (Lipinski definition) is 3. The maximum Gasteiger partial charge on any atom is 0.416 e. The monoisotopic (exact) mass is 377 g/mol. The third-order valence-corrected chi connectivity index (χ3v) is 4.87. The highest BCUT2D eigenvalue weighted by molar-refractivity contribution is 7.19. The number of carboxylic acids is 1. The summed E-state index contributed by atoms with van der Waals surface area (Å²) in [4.78, 5) is 15.5. The maximum absolute atomic E-state index is 12.7. The average molecular weight is 377 g/mol. The summed E-state index contributed by atoms with van der Waals surface area (Å²) in [5, 5.41) is 9.65. The molecule has 0 radical (unpaired) electrons. The lowest BCUT2D eigenvalue weighted by atomic mass is 10.1. The van der Waals surface area contributed by atoms with Crippen LogP contribution in [0.15, 0.2) is 48.5 Å². The smallest absolute Gasteiger partial charge is 0.416 e.